The molecule has 1 amide bonds. The van der Waals surface area contributed by atoms with Gasteiger partial charge in [-0.05, 0) is 36.2 Å². The molecule has 0 unspecified atom stereocenters. The normalized spacial score (nSPS) is 11.6. The number of carbonyl (C=O) groups excluding carboxylic acids is 1. The average Bonchev–Trinajstić information content (AvgIpc) is 2.52. The van der Waals surface area contributed by atoms with Crippen molar-refractivity contribution >= 4 is 22.4 Å². The molecule has 1 N–H and O–H groups in total. The van der Waals surface area contributed by atoms with Crippen molar-refractivity contribution in [3.8, 4) is 0 Å². The molecule has 0 atom stereocenters. The molecule has 0 aromatic heterocycles. The molecule has 0 bridgehead atoms. The lowest BCUT2D eigenvalue weighted by atomic mass is 10.0. The van der Waals surface area contributed by atoms with Crippen molar-refractivity contribution in [2.75, 3.05) is 13.2 Å². The zero-order valence-corrected chi connectivity index (χ0v) is 12.4. The molecule has 110 valence electrons. The fraction of sp³-hybridized carbons (Fsp3) is 0.294. The molecule has 0 saturated heterocycles. The lowest BCUT2D eigenvalue weighted by Gasteiger charge is -2.05. The second-order valence-electron chi connectivity index (χ2n) is 4.74. The van der Waals surface area contributed by atoms with Crippen molar-refractivity contribution in [2.24, 2.45) is 5.10 Å². The van der Waals surface area contributed by atoms with Crippen LogP contribution in [-0.4, -0.2) is 24.8 Å². The first-order valence-electron chi connectivity index (χ1n) is 7.10. The lowest BCUT2D eigenvalue weighted by molar-refractivity contribution is -0.122. The molecule has 0 saturated carbocycles. The summed E-state index contributed by atoms with van der Waals surface area (Å²) in [6, 6.07) is 14.3. The highest BCUT2D eigenvalue weighted by Gasteiger charge is 2.02. The second kappa shape index (κ2) is 7.55. The van der Waals surface area contributed by atoms with Crippen LogP contribution in [0.25, 0.3) is 10.8 Å². The van der Waals surface area contributed by atoms with E-state index >= 15 is 0 Å². The minimum Gasteiger partial charge on any atom is -0.381 e. The Morgan fingerprint density at radius 3 is 2.71 bits per heavy atom. The number of nitrogens with zero attached hydrogens (tertiary/aromatic N) is 1. The van der Waals surface area contributed by atoms with Gasteiger partial charge in [-0.25, -0.2) is 5.43 Å². The molecule has 4 heteroatoms. The molecule has 0 heterocycles. The fourth-order valence-electron chi connectivity index (χ4n) is 1.99. The summed E-state index contributed by atoms with van der Waals surface area (Å²) in [4.78, 5) is 11.6. The van der Waals surface area contributed by atoms with E-state index < -0.39 is 0 Å². The van der Waals surface area contributed by atoms with Gasteiger partial charge < -0.3 is 4.74 Å². The van der Waals surface area contributed by atoms with Crippen molar-refractivity contribution in [2.45, 2.75) is 20.3 Å². The SMILES string of the molecule is CCOCCC(=O)N/N=C(\C)c1ccc2ccccc2c1. The first-order chi connectivity index (χ1) is 10.2. The topological polar surface area (TPSA) is 50.7 Å². The van der Waals surface area contributed by atoms with Gasteiger partial charge in [0.05, 0.1) is 18.7 Å². The number of amides is 1. The van der Waals surface area contributed by atoms with Crippen LogP contribution in [0.4, 0.5) is 0 Å². The van der Waals surface area contributed by atoms with E-state index in [-0.39, 0.29) is 5.91 Å². The third-order valence-corrected chi connectivity index (χ3v) is 3.19. The van der Waals surface area contributed by atoms with Crippen molar-refractivity contribution < 1.29 is 9.53 Å². The third kappa shape index (κ3) is 4.39. The van der Waals surface area contributed by atoms with Crippen LogP contribution in [0.5, 0.6) is 0 Å². The molecule has 0 radical (unpaired) electrons. The summed E-state index contributed by atoms with van der Waals surface area (Å²) in [5, 5.41) is 6.49. The number of nitrogens with one attached hydrogen (secondary N) is 1. The van der Waals surface area contributed by atoms with E-state index in [4.69, 9.17) is 4.74 Å². The number of rotatable bonds is 6. The Hall–Kier alpha value is -2.20. The predicted molar refractivity (Wildman–Crippen MR) is 85.4 cm³/mol. The standard InChI is InChI=1S/C17H20N2O2/c1-3-21-11-10-17(20)19-18-13(2)15-9-8-14-6-4-5-7-16(14)12-15/h4-9,12H,3,10-11H2,1-2H3,(H,19,20)/b18-13+. The highest BCUT2D eigenvalue weighted by Crippen LogP contribution is 2.16. The summed E-state index contributed by atoms with van der Waals surface area (Å²) in [5.74, 6) is -0.136. The Kier molecular flexibility index (Phi) is 5.46. The first-order valence-corrected chi connectivity index (χ1v) is 7.10. The van der Waals surface area contributed by atoms with Crippen molar-refractivity contribution in [1.29, 1.82) is 0 Å². The van der Waals surface area contributed by atoms with Gasteiger partial charge in [-0.2, -0.15) is 5.10 Å². The van der Waals surface area contributed by atoms with Gasteiger partial charge in [0.25, 0.3) is 0 Å². The van der Waals surface area contributed by atoms with E-state index in [0.29, 0.717) is 19.6 Å². The van der Waals surface area contributed by atoms with Gasteiger partial charge in [0.15, 0.2) is 0 Å². The number of hydrogen-bond donors (Lipinski definition) is 1. The zero-order chi connectivity index (χ0) is 15.1. The molecule has 4 nitrogen and oxygen atoms in total. The van der Waals surface area contributed by atoms with Gasteiger partial charge >= 0.3 is 0 Å². The lowest BCUT2D eigenvalue weighted by Crippen LogP contribution is -2.20. The van der Waals surface area contributed by atoms with Gasteiger partial charge in [-0.1, -0.05) is 36.4 Å². The maximum Gasteiger partial charge on any atom is 0.242 e. The Balaban J connectivity index is 2.01. The first kappa shape index (κ1) is 15.2. The Labute approximate surface area is 124 Å². The van der Waals surface area contributed by atoms with E-state index in [1.807, 2.05) is 32.0 Å². The number of ether oxygens (including phenoxy) is 1. The van der Waals surface area contributed by atoms with Gasteiger partial charge in [0, 0.05) is 6.61 Å². The largest absolute Gasteiger partial charge is 0.381 e. The van der Waals surface area contributed by atoms with Crippen LogP contribution < -0.4 is 5.43 Å². The summed E-state index contributed by atoms with van der Waals surface area (Å²) in [5.41, 5.74) is 4.34. The van der Waals surface area contributed by atoms with Crippen molar-refractivity contribution in [1.82, 2.24) is 5.43 Å². The highest BCUT2D eigenvalue weighted by molar-refractivity contribution is 6.02. The molecule has 0 aliphatic heterocycles. The van der Waals surface area contributed by atoms with Gasteiger partial charge in [-0.3, -0.25) is 4.79 Å². The minimum absolute atomic E-state index is 0.136. The quantitative estimate of drug-likeness (QED) is 0.503. The summed E-state index contributed by atoms with van der Waals surface area (Å²) in [7, 11) is 0. The average molecular weight is 284 g/mol. The molecule has 0 aliphatic rings. The molecule has 0 aliphatic carbocycles. The number of hydrazone groups is 1. The summed E-state index contributed by atoms with van der Waals surface area (Å²) < 4.78 is 5.13. The molecule has 2 aromatic rings. The van der Waals surface area contributed by atoms with Crippen LogP contribution >= 0.6 is 0 Å². The number of benzene rings is 2. The minimum atomic E-state index is -0.136. The molecule has 0 fully saturated rings. The molecular weight excluding hydrogens is 264 g/mol. The summed E-state index contributed by atoms with van der Waals surface area (Å²) in [6.45, 7) is 4.83. The van der Waals surface area contributed by atoms with E-state index in [2.05, 4.69) is 34.8 Å². The summed E-state index contributed by atoms with van der Waals surface area (Å²) >= 11 is 0. The second-order valence-corrected chi connectivity index (χ2v) is 4.74. The Bertz CT molecular complexity index is 650. The molecule has 0 spiro atoms. The smallest absolute Gasteiger partial charge is 0.242 e. The number of fused-ring (bicyclic) bond motifs is 1. The van der Waals surface area contributed by atoms with E-state index in [1.165, 1.54) is 5.39 Å². The van der Waals surface area contributed by atoms with Crippen LogP contribution in [0.2, 0.25) is 0 Å². The number of carbonyl (C=O) groups is 1. The molecule has 2 rings (SSSR count). The van der Waals surface area contributed by atoms with Crippen LogP contribution in [0.15, 0.2) is 47.6 Å². The maximum absolute atomic E-state index is 11.6. The van der Waals surface area contributed by atoms with Crippen LogP contribution in [0.3, 0.4) is 0 Å². The third-order valence-electron chi connectivity index (χ3n) is 3.19. The Morgan fingerprint density at radius 2 is 1.95 bits per heavy atom. The molecule has 2 aromatic carbocycles. The predicted octanol–water partition coefficient (Wildman–Crippen LogP) is 3.11. The van der Waals surface area contributed by atoms with Crippen LogP contribution in [0.1, 0.15) is 25.8 Å². The Morgan fingerprint density at radius 1 is 1.19 bits per heavy atom. The number of hydrogen-bond acceptors (Lipinski definition) is 3. The van der Waals surface area contributed by atoms with E-state index in [9.17, 15) is 4.79 Å². The van der Waals surface area contributed by atoms with Crippen LogP contribution in [-0.2, 0) is 9.53 Å². The fourth-order valence-corrected chi connectivity index (χ4v) is 1.99. The van der Waals surface area contributed by atoms with Gasteiger partial charge in [-0.15, -0.1) is 0 Å². The molecule has 21 heavy (non-hydrogen) atoms. The van der Waals surface area contributed by atoms with Crippen LogP contribution in [0, 0.1) is 0 Å². The monoisotopic (exact) mass is 284 g/mol. The highest BCUT2D eigenvalue weighted by atomic mass is 16.5. The van der Waals surface area contributed by atoms with E-state index in [0.717, 1.165) is 16.7 Å². The summed E-state index contributed by atoms with van der Waals surface area (Å²) in [6.07, 6.45) is 0.322. The van der Waals surface area contributed by atoms with E-state index in [1.54, 1.807) is 0 Å². The maximum atomic E-state index is 11.6. The zero-order valence-electron chi connectivity index (χ0n) is 12.4. The molecular formula is C17H20N2O2. The van der Waals surface area contributed by atoms with Crippen molar-refractivity contribution in [3.63, 3.8) is 0 Å². The van der Waals surface area contributed by atoms with Gasteiger partial charge in [0.2, 0.25) is 5.91 Å². The van der Waals surface area contributed by atoms with Crippen molar-refractivity contribution in [3.05, 3.63) is 48.0 Å². The van der Waals surface area contributed by atoms with Gasteiger partial charge in [0.1, 0.15) is 0 Å².